The molecule has 1 atom stereocenters. The highest BCUT2D eigenvalue weighted by atomic mass is 32.2. The average Bonchev–Trinajstić information content (AvgIpc) is 2.97. The Bertz CT molecular complexity index is 491. The Morgan fingerprint density at radius 3 is 2.89 bits per heavy atom. The fourth-order valence-corrected chi connectivity index (χ4v) is 2.24. The lowest BCUT2D eigenvalue weighted by atomic mass is 10.2. The maximum absolute atomic E-state index is 11.5. The van der Waals surface area contributed by atoms with Crippen LogP contribution in [-0.4, -0.2) is 30.4 Å². The molecule has 1 N–H and O–H groups in total. The predicted molar refractivity (Wildman–Crippen MR) is 63.1 cm³/mol. The van der Waals surface area contributed by atoms with Crippen LogP contribution in [0, 0.1) is 0 Å². The average molecular weight is 275 g/mol. The summed E-state index contributed by atoms with van der Waals surface area (Å²) < 4.78 is 36.0. The Hall–Kier alpha value is -0.990. The van der Waals surface area contributed by atoms with E-state index >= 15 is 0 Å². The molecule has 1 aromatic rings. The highest BCUT2D eigenvalue weighted by Crippen LogP contribution is 2.26. The van der Waals surface area contributed by atoms with E-state index in [0.29, 0.717) is 18.3 Å². The zero-order valence-electron chi connectivity index (χ0n) is 10.4. The van der Waals surface area contributed by atoms with Crippen molar-refractivity contribution in [2.24, 2.45) is 0 Å². The molecule has 0 spiro atoms. The van der Waals surface area contributed by atoms with Crippen LogP contribution in [0.5, 0.6) is 0 Å². The second kappa shape index (κ2) is 5.33. The van der Waals surface area contributed by atoms with Crippen molar-refractivity contribution in [2.45, 2.75) is 44.6 Å². The molecule has 18 heavy (non-hydrogen) atoms. The van der Waals surface area contributed by atoms with Gasteiger partial charge in [-0.05, 0) is 26.7 Å². The van der Waals surface area contributed by atoms with Crippen molar-refractivity contribution in [1.82, 2.24) is 14.9 Å². The Balaban J connectivity index is 1.95. The van der Waals surface area contributed by atoms with Crippen molar-refractivity contribution in [3.63, 3.8) is 0 Å². The summed E-state index contributed by atoms with van der Waals surface area (Å²) >= 11 is 0. The summed E-state index contributed by atoms with van der Waals surface area (Å²) in [6.45, 7) is 3.95. The van der Waals surface area contributed by atoms with Gasteiger partial charge in [0.1, 0.15) is 6.10 Å². The summed E-state index contributed by atoms with van der Waals surface area (Å²) in [6, 6.07) is 0. The topological polar surface area (TPSA) is 94.3 Å². The molecule has 8 heteroatoms. The van der Waals surface area contributed by atoms with Gasteiger partial charge in [0.25, 0.3) is 5.89 Å². The van der Waals surface area contributed by atoms with Gasteiger partial charge >= 0.3 is 0 Å². The van der Waals surface area contributed by atoms with Crippen LogP contribution in [0.2, 0.25) is 0 Å². The first kappa shape index (κ1) is 13.4. The third kappa shape index (κ3) is 3.06. The highest BCUT2D eigenvalue weighted by Gasteiger charge is 2.24. The van der Waals surface area contributed by atoms with Gasteiger partial charge in [-0.1, -0.05) is 5.16 Å². The van der Waals surface area contributed by atoms with Gasteiger partial charge in [-0.25, -0.2) is 13.1 Å². The summed E-state index contributed by atoms with van der Waals surface area (Å²) in [4.78, 5) is 4.12. The molecule has 1 aliphatic heterocycles. The van der Waals surface area contributed by atoms with Crippen LogP contribution in [0.4, 0.5) is 0 Å². The van der Waals surface area contributed by atoms with E-state index in [1.807, 2.05) is 0 Å². The van der Waals surface area contributed by atoms with E-state index in [9.17, 15) is 8.42 Å². The fraction of sp³-hybridized carbons (Fsp3) is 0.800. The second-order valence-corrected chi connectivity index (χ2v) is 6.79. The summed E-state index contributed by atoms with van der Waals surface area (Å²) in [5.41, 5.74) is 0. The van der Waals surface area contributed by atoms with Crippen molar-refractivity contribution in [3.8, 4) is 0 Å². The zero-order chi connectivity index (χ0) is 13.2. The van der Waals surface area contributed by atoms with E-state index in [1.165, 1.54) is 0 Å². The monoisotopic (exact) mass is 275 g/mol. The standard InChI is InChI=1S/C10H17N3O4S/c1-7(2)18(14,15)11-6-9-12-10(17-13-9)8-4-3-5-16-8/h7-8,11H,3-6H2,1-2H3/t8-/m1/s1. The second-order valence-electron chi connectivity index (χ2n) is 4.47. The lowest BCUT2D eigenvalue weighted by Gasteiger charge is -2.06. The van der Waals surface area contributed by atoms with E-state index in [4.69, 9.17) is 9.26 Å². The van der Waals surface area contributed by atoms with E-state index in [2.05, 4.69) is 14.9 Å². The minimum atomic E-state index is -3.31. The first-order valence-electron chi connectivity index (χ1n) is 5.91. The van der Waals surface area contributed by atoms with Gasteiger partial charge in [-0.15, -0.1) is 0 Å². The Kier molecular flexibility index (Phi) is 3.98. The first-order valence-corrected chi connectivity index (χ1v) is 7.46. The quantitative estimate of drug-likeness (QED) is 0.852. The molecule has 1 fully saturated rings. The number of hydrogen-bond donors (Lipinski definition) is 1. The molecule has 1 saturated heterocycles. The van der Waals surface area contributed by atoms with Crippen LogP contribution < -0.4 is 4.72 Å². The molecule has 0 saturated carbocycles. The Morgan fingerprint density at radius 2 is 2.28 bits per heavy atom. The third-order valence-electron chi connectivity index (χ3n) is 2.74. The molecule has 7 nitrogen and oxygen atoms in total. The fourth-order valence-electron chi connectivity index (χ4n) is 1.57. The van der Waals surface area contributed by atoms with Crippen LogP contribution in [0.3, 0.4) is 0 Å². The molecule has 2 rings (SSSR count). The van der Waals surface area contributed by atoms with Crippen molar-refractivity contribution >= 4 is 10.0 Å². The molecule has 0 aromatic carbocycles. The number of nitrogens with zero attached hydrogens (tertiary/aromatic N) is 2. The van der Waals surface area contributed by atoms with Crippen molar-refractivity contribution < 1.29 is 17.7 Å². The molecule has 0 bridgehead atoms. The summed E-state index contributed by atoms with van der Waals surface area (Å²) in [5.74, 6) is 0.746. The van der Waals surface area contributed by atoms with Crippen molar-refractivity contribution in [3.05, 3.63) is 11.7 Å². The minimum absolute atomic E-state index is 0.0384. The molecule has 1 aliphatic rings. The largest absolute Gasteiger partial charge is 0.368 e. The molecule has 102 valence electrons. The van der Waals surface area contributed by atoms with Gasteiger partial charge < -0.3 is 9.26 Å². The van der Waals surface area contributed by atoms with Gasteiger partial charge in [-0.2, -0.15) is 4.98 Å². The number of rotatable bonds is 5. The Labute approximate surface area is 106 Å². The SMILES string of the molecule is CC(C)S(=O)(=O)NCc1noc([C@H]2CCCO2)n1. The molecule has 0 unspecified atom stereocenters. The maximum Gasteiger partial charge on any atom is 0.255 e. The molecule has 0 radical (unpaired) electrons. The van der Waals surface area contributed by atoms with Crippen LogP contribution in [-0.2, 0) is 21.3 Å². The van der Waals surface area contributed by atoms with Gasteiger partial charge in [0.15, 0.2) is 5.82 Å². The first-order chi connectivity index (χ1) is 8.49. The predicted octanol–water partition coefficient (Wildman–Crippen LogP) is 0.749. The van der Waals surface area contributed by atoms with Crippen LogP contribution in [0.15, 0.2) is 4.52 Å². The van der Waals surface area contributed by atoms with Crippen LogP contribution in [0.25, 0.3) is 0 Å². The van der Waals surface area contributed by atoms with Gasteiger partial charge in [0.2, 0.25) is 10.0 Å². The smallest absolute Gasteiger partial charge is 0.255 e. The van der Waals surface area contributed by atoms with Crippen molar-refractivity contribution in [1.29, 1.82) is 0 Å². The van der Waals surface area contributed by atoms with E-state index in [1.54, 1.807) is 13.8 Å². The molecule has 0 amide bonds. The van der Waals surface area contributed by atoms with Crippen LogP contribution >= 0.6 is 0 Å². The van der Waals surface area contributed by atoms with Crippen molar-refractivity contribution in [2.75, 3.05) is 6.61 Å². The Morgan fingerprint density at radius 1 is 1.50 bits per heavy atom. The molecular weight excluding hydrogens is 258 g/mol. The molecule has 0 aliphatic carbocycles. The zero-order valence-corrected chi connectivity index (χ0v) is 11.2. The molecular formula is C10H17N3O4S. The van der Waals surface area contributed by atoms with E-state index in [-0.39, 0.29) is 12.6 Å². The van der Waals surface area contributed by atoms with Gasteiger partial charge in [-0.3, -0.25) is 0 Å². The third-order valence-corrected chi connectivity index (χ3v) is 4.53. The van der Waals surface area contributed by atoms with Gasteiger partial charge in [0, 0.05) is 6.61 Å². The number of ether oxygens (including phenoxy) is 1. The summed E-state index contributed by atoms with van der Waals surface area (Å²) in [5, 5.41) is 3.25. The lowest BCUT2D eigenvalue weighted by Crippen LogP contribution is -2.30. The van der Waals surface area contributed by atoms with E-state index < -0.39 is 15.3 Å². The van der Waals surface area contributed by atoms with E-state index in [0.717, 1.165) is 12.8 Å². The number of hydrogen-bond acceptors (Lipinski definition) is 6. The lowest BCUT2D eigenvalue weighted by molar-refractivity contribution is 0.0835. The normalized spacial score (nSPS) is 20.7. The minimum Gasteiger partial charge on any atom is -0.368 e. The maximum atomic E-state index is 11.5. The summed E-state index contributed by atoms with van der Waals surface area (Å²) in [6.07, 6.45) is 1.69. The molecule has 1 aromatic heterocycles. The number of nitrogens with one attached hydrogen (secondary N) is 1. The van der Waals surface area contributed by atoms with Gasteiger partial charge in [0.05, 0.1) is 11.8 Å². The number of aromatic nitrogens is 2. The van der Waals surface area contributed by atoms with Crippen LogP contribution in [0.1, 0.15) is 44.5 Å². The molecule has 2 heterocycles. The summed E-state index contributed by atoms with van der Waals surface area (Å²) in [7, 11) is -3.31. The number of sulfonamides is 1. The highest BCUT2D eigenvalue weighted by molar-refractivity contribution is 7.90.